The zero-order chi connectivity index (χ0) is 17.3. The van der Waals surface area contributed by atoms with Gasteiger partial charge in [-0.25, -0.2) is 0 Å². The van der Waals surface area contributed by atoms with E-state index in [1.165, 1.54) is 0 Å². The van der Waals surface area contributed by atoms with Crippen LogP contribution in [0.5, 0.6) is 0 Å². The second-order valence-corrected chi connectivity index (χ2v) is 5.67. The molecule has 122 valence electrons. The van der Waals surface area contributed by atoms with Gasteiger partial charge in [-0.1, -0.05) is 72.8 Å². The summed E-state index contributed by atoms with van der Waals surface area (Å²) in [5.74, 6) is -0.133. The van der Waals surface area contributed by atoms with Gasteiger partial charge in [0.25, 0.3) is 0 Å². The van der Waals surface area contributed by atoms with Gasteiger partial charge in [-0.2, -0.15) is 0 Å². The summed E-state index contributed by atoms with van der Waals surface area (Å²) >= 11 is 0. The van der Waals surface area contributed by atoms with E-state index < -0.39 is 5.54 Å². The van der Waals surface area contributed by atoms with Crippen LogP contribution in [0.25, 0.3) is 6.08 Å². The first-order valence-corrected chi connectivity index (χ1v) is 8.03. The third-order valence-corrected chi connectivity index (χ3v) is 3.90. The Balaban J connectivity index is 2.24. The van der Waals surface area contributed by atoms with Crippen molar-refractivity contribution < 1.29 is 4.79 Å². The summed E-state index contributed by atoms with van der Waals surface area (Å²) in [4.78, 5) is 12.5. The minimum absolute atomic E-state index is 0.133. The summed E-state index contributed by atoms with van der Waals surface area (Å²) in [6, 6.07) is 19.7. The Morgan fingerprint density at radius 3 is 2.00 bits per heavy atom. The highest BCUT2D eigenvalue weighted by Gasteiger charge is 2.30. The minimum Gasteiger partial charge on any atom is -0.342 e. The number of benzene rings is 2. The highest BCUT2D eigenvalue weighted by Crippen LogP contribution is 2.30. The van der Waals surface area contributed by atoms with Gasteiger partial charge in [0.15, 0.2) is 0 Å². The first-order valence-electron chi connectivity index (χ1n) is 8.03. The van der Waals surface area contributed by atoms with Crippen LogP contribution in [0.4, 0.5) is 0 Å². The van der Waals surface area contributed by atoms with Crippen molar-refractivity contribution in [1.29, 1.82) is 0 Å². The van der Waals surface area contributed by atoms with Crippen LogP contribution in [0.15, 0.2) is 92.0 Å². The smallest absolute Gasteiger partial charge is 0.244 e. The summed E-state index contributed by atoms with van der Waals surface area (Å²) in [7, 11) is 0. The molecule has 2 rings (SSSR count). The molecular formula is C22H23NO. The first kappa shape index (κ1) is 17.5. The molecule has 2 heteroatoms. The van der Waals surface area contributed by atoms with Crippen LogP contribution in [0.1, 0.15) is 24.0 Å². The Hall–Kier alpha value is -2.87. The van der Waals surface area contributed by atoms with Crippen molar-refractivity contribution in [2.24, 2.45) is 0 Å². The van der Waals surface area contributed by atoms with E-state index in [-0.39, 0.29) is 5.91 Å². The minimum atomic E-state index is -0.525. The maximum absolute atomic E-state index is 12.5. The SMILES string of the molecule is C=CCC(CC=C)(NC(=O)/C=C/c1ccccc1)c1ccccc1. The molecule has 2 aromatic rings. The molecule has 0 saturated carbocycles. The van der Waals surface area contributed by atoms with E-state index in [1.807, 2.05) is 78.9 Å². The molecule has 1 N–H and O–H groups in total. The highest BCUT2D eigenvalue weighted by atomic mass is 16.1. The number of hydrogen-bond acceptors (Lipinski definition) is 1. The molecule has 0 aromatic heterocycles. The topological polar surface area (TPSA) is 29.1 Å². The molecule has 0 spiro atoms. The van der Waals surface area contributed by atoms with Crippen molar-refractivity contribution in [3.8, 4) is 0 Å². The fraction of sp³-hybridized carbons (Fsp3) is 0.136. The Bertz CT molecular complexity index is 691. The molecule has 24 heavy (non-hydrogen) atoms. The van der Waals surface area contributed by atoms with Crippen LogP contribution >= 0.6 is 0 Å². The lowest BCUT2D eigenvalue weighted by Gasteiger charge is -2.33. The molecule has 1 amide bonds. The fourth-order valence-corrected chi connectivity index (χ4v) is 2.76. The zero-order valence-corrected chi connectivity index (χ0v) is 13.8. The Morgan fingerprint density at radius 2 is 1.46 bits per heavy atom. The third-order valence-electron chi connectivity index (χ3n) is 3.90. The standard InChI is InChI=1S/C22H23NO/c1-3-17-22(18-4-2,20-13-9-6-10-14-20)23-21(24)16-15-19-11-7-5-8-12-19/h3-16H,1-2,17-18H2,(H,23,24)/b16-15+. The second kappa shape index (κ2) is 8.68. The van der Waals surface area contributed by atoms with Gasteiger partial charge in [-0.15, -0.1) is 13.2 Å². The van der Waals surface area contributed by atoms with Crippen LogP contribution < -0.4 is 5.32 Å². The number of amides is 1. The van der Waals surface area contributed by atoms with Crippen molar-refractivity contribution in [3.63, 3.8) is 0 Å². The predicted octanol–water partition coefficient (Wildman–Crippen LogP) is 4.86. The highest BCUT2D eigenvalue weighted by molar-refractivity contribution is 5.92. The Kier molecular flexibility index (Phi) is 6.32. The van der Waals surface area contributed by atoms with Crippen molar-refractivity contribution in [1.82, 2.24) is 5.32 Å². The number of nitrogens with one attached hydrogen (secondary N) is 1. The molecule has 2 nitrogen and oxygen atoms in total. The monoisotopic (exact) mass is 317 g/mol. The molecule has 0 unspecified atom stereocenters. The molecule has 0 radical (unpaired) electrons. The zero-order valence-electron chi connectivity index (χ0n) is 13.8. The fourth-order valence-electron chi connectivity index (χ4n) is 2.76. The molecule has 0 aliphatic carbocycles. The molecule has 0 atom stereocenters. The first-order chi connectivity index (χ1) is 11.7. The number of carbonyl (C=O) groups is 1. The summed E-state index contributed by atoms with van der Waals surface area (Å²) in [6.45, 7) is 7.70. The number of rotatable bonds is 8. The van der Waals surface area contributed by atoms with E-state index in [9.17, 15) is 4.79 Å². The molecule has 0 fully saturated rings. The van der Waals surface area contributed by atoms with Crippen molar-refractivity contribution in [3.05, 3.63) is 103 Å². The molecular weight excluding hydrogens is 294 g/mol. The molecule has 0 bridgehead atoms. The maximum atomic E-state index is 12.5. The molecule has 0 aliphatic heterocycles. The quantitative estimate of drug-likeness (QED) is 0.546. The van der Waals surface area contributed by atoms with Crippen LogP contribution in [0.3, 0.4) is 0 Å². The summed E-state index contributed by atoms with van der Waals surface area (Å²) in [6.07, 6.45) is 8.31. The van der Waals surface area contributed by atoms with Gasteiger partial charge in [-0.3, -0.25) is 4.79 Å². The van der Waals surface area contributed by atoms with Crippen molar-refractivity contribution >= 4 is 12.0 Å². The Morgan fingerprint density at radius 1 is 0.917 bits per heavy atom. The van der Waals surface area contributed by atoms with E-state index in [0.29, 0.717) is 12.8 Å². The van der Waals surface area contributed by atoms with Gasteiger partial charge in [0.2, 0.25) is 5.91 Å². The largest absolute Gasteiger partial charge is 0.342 e. The summed E-state index contributed by atoms with van der Waals surface area (Å²) in [5, 5.41) is 3.15. The van der Waals surface area contributed by atoms with E-state index in [1.54, 1.807) is 6.08 Å². The van der Waals surface area contributed by atoms with Crippen LogP contribution in [0.2, 0.25) is 0 Å². The summed E-state index contributed by atoms with van der Waals surface area (Å²) in [5.41, 5.74) is 1.51. The van der Waals surface area contributed by atoms with E-state index in [2.05, 4.69) is 18.5 Å². The molecule has 0 saturated heterocycles. The normalized spacial score (nSPS) is 11.2. The predicted molar refractivity (Wildman–Crippen MR) is 101 cm³/mol. The van der Waals surface area contributed by atoms with Gasteiger partial charge in [0.05, 0.1) is 5.54 Å². The summed E-state index contributed by atoms with van der Waals surface area (Å²) < 4.78 is 0. The maximum Gasteiger partial charge on any atom is 0.244 e. The van der Waals surface area contributed by atoms with Crippen LogP contribution in [-0.2, 0) is 10.3 Å². The molecule has 2 aromatic carbocycles. The number of carbonyl (C=O) groups excluding carboxylic acids is 1. The van der Waals surface area contributed by atoms with Gasteiger partial charge in [0, 0.05) is 6.08 Å². The van der Waals surface area contributed by atoms with Crippen LogP contribution in [-0.4, -0.2) is 5.91 Å². The average molecular weight is 317 g/mol. The van der Waals surface area contributed by atoms with E-state index in [4.69, 9.17) is 0 Å². The average Bonchev–Trinajstić information content (AvgIpc) is 2.62. The second-order valence-electron chi connectivity index (χ2n) is 5.67. The third kappa shape index (κ3) is 4.56. The number of hydrogen-bond donors (Lipinski definition) is 1. The molecule has 0 heterocycles. The van der Waals surface area contributed by atoms with E-state index >= 15 is 0 Å². The lowest BCUT2D eigenvalue weighted by molar-refractivity contribution is -0.118. The van der Waals surface area contributed by atoms with Crippen molar-refractivity contribution in [2.45, 2.75) is 18.4 Å². The van der Waals surface area contributed by atoms with Gasteiger partial charge in [-0.05, 0) is 30.0 Å². The molecule has 0 aliphatic rings. The van der Waals surface area contributed by atoms with Crippen molar-refractivity contribution in [2.75, 3.05) is 0 Å². The van der Waals surface area contributed by atoms with Gasteiger partial charge < -0.3 is 5.32 Å². The van der Waals surface area contributed by atoms with Crippen LogP contribution in [0, 0.1) is 0 Å². The van der Waals surface area contributed by atoms with Gasteiger partial charge >= 0.3 is 0 Å². The lowest BCUT2D eigenvalue weighted by Crippen LogP contribution is -2.44. The van der Waals surface area contributed by atoms with Gasteiger partial charge in [0.1, 0.15) is 0 Å². The Labute approximate surface area is 144 Å². The lowest BCUT2D eigenvalue weighted by atomic mass is 9.83. The van der Waals surface area contributed by atoms with E-state index in [0.717, 1.165) is 11.1 Å².